The molecule has 2 fully saturated rings. The Morgan fingerprint density at radius 1 is 0.809 bits per heavy atom. The van der Waals surface area contributed by atoms with E-state index in [1.807, 2.05) is 0 Å². The van der Waals surface area contributed by atoms with E-state index in [-0.39, 0.29) is 5.41 Å². The van der Waals surface area contributed by atoms with Crippen molar-refractivity contribution in [1.82, 2.24) is 0 Å². The van der Waals surface area contributed by atoms with Crippen molar-refractivity contribution >= 4 is 12.3 Å². The molecule has 1 spiro atoms. The maximum absolute atomic E-state index is 4.85. The van der Waals surface area contributed by atoms with Gasteiger partial charge in [0.25, 0.3) is 0 Å². The summed E-state index contributed by atoms with van der Waals surface area (Å²) in [6.07, 6.45) is 14.5. The molecule has 5 atom stereocenters. The summed E-state index contributed by atoms with van der Waals surface area (Å²) < 4.78 is 0. The van der Waals surface area contributed by atoms with E-state index >= 15 is 0 Å². The molecule has 2 bridgehead atoms. The fraction of sp³-hybridized carbons (Fsp3) is 0.370. The third-order valence-corrected chi connectivity index (χ3v) is 12.5. The lowest BCUT2D eigenvalue weighted by Gasteiger charge is -2.51. The third-order valence-electron chi connectivity index (χ3n) is 12.5. The molecule has 0 N–H and O–H groups in total. The number of fused-ring (bicyclic) bond motifs is 8. The van der Waals surface area contributed by atoms with E-state index in [1.54, 1.807) is 16.7 Å². The van der Waals surface area contributed by atoms with Gasteiger partial charge in [-0.25, -0.2) is 0 Å². The Morgan fingerprint density at radius 3 is 2.32 bits per heavy atom. The Balaban J connectivity index is 1.23. The molecule has 1 nitrogen and oxygen atoms in total. The molecule has 4 aromatic rings. The normalized spacial score (nSPS) is 25.9. The van der Waals surface area contributed by atoms with E-state index in [9.17, 15) is 0 Å². The lowest BCUT2D eigenvalue weighted by atomic mass is 9.53. The third kappa shape index (κ3) is 4.75. The SMILES string of the molecule is C=NC(C)(c1ccc(-c2ccccc2)cc1)c1ccc(-c2cccc3c2C2=CCCC=C2C32CCC3CC(C)CC2C3)cc1C(C)C. The van der Waals surface area contributed by atoms with Crippen molar-refractivity contribution in [2.24, 2.45) is 22.7 Å². The van der Waals surface area contributed by atoms with Crippen molar-refractivity contribution in [3.05, 3.63) is 137 Å². The first kappa shape index (κ1) is 30.4. The van der Waals surface area contributed by atoms with Crippen LogP contribution < -0.4 is 0 Å². The smallest absolute Gasteiger partial charge is 0.107 e. The molecule has 0 aliphatic heterocycles. The van der Waals surface area contributed by atoms with Crippen molar-refractivity contribution in [3.8, 4) is 22.3 Å². The number of nitrogens with zero attached hydrogens (tertiary/aromatic N) is 1. The van der Waals surface area contributed by atoms with Gasteiger partial charge in [0.2, 0.25) is 0 Å². The van der Waals surface area contributed by atoms with Gasteiger partial charge >= 0.3 is 0 Å². The van der Waals surface area contributed by atoms with Crippen LogP contribution in [-0.4, -0.2) is 6.72 Å². The monoisotopic (exact) mass is 615 g/mol. The number of benzene rings is 4. The van der Waals surface area contributed by atoms with E-state index < -0.39 is 5.54 Å². The van der Waals surface area contributed by atoms with Gasteiger partial charge in [-0.2, -0.15) is 0 Å². The molecule has 5 unspecified atom stereocenters. The second-order valence-electron chi connectivity index (χ2n) is 15.6. The van der Waals surface area contributed by atoms with Crippen LogP contribution in [0.2, 0.25) is 0 Å². The molecular formula is C46H49N. The van der Waals surface area contributed by atoms with Crippen LogP contribution in [-0.2, 0) is 11.0 Å². The zero-order chi connectivity index (χ0) is 32.3. The van der Waals surface area contributed by atoms with E-state index in [0.29, 0.717) is 5.92 Å². The summed E-state index contributed by atoms with van der Waals surface area (Å²) in [6.45, 7) is 13.5. The Bertz CT molecular complexity index is 1890. The first-order valence-electron chi connectivity index (χ1n) is 18.2. The minimum Gasteiger partial charge on any atom is -0.285 e. The van der Waals surface area contributed by atoms with Gasteiger partial charge in [0.05, 0.1) is 0 Å². The molecule has 238 valence electrons. The standard InChI is InChI=1S/C46H49N/c1-30(2)40-29-35(20-23-41(40)45(4,47-5)36-21-18-34(19-22-36)33-12-7-6-8-13-33)38-15-11-17-43-44(38)39-14-9-10-16-42(39)46(43)25-24-32-26-31(3)27-37(46)28-32/h6-8,11-23,29-32,37H,5,9-10,24-28H2,1-4H3. The largest absolute Gasteiger partial charge is 0.285 e. The molecule has 47 heavy (non-hydrogen) atoms. The van der Waals surface area contributed by atoms with Crippen LogP contribution >= 0.6 is 0 Å². The number of allylic oxidation sites excluding steroid dienone is 4. The first-order valence-corrected chi connectivity index (χ1v) is 18.2. The quantitative estimate of drug-likeness (QED) is 0.191. The average molecular weight is 616 g/mol. The summed E-state index contributed by atoms with van der Waals surface area (Å²) in [6, 6.07) is 34.0. The fourth-order valence-corrected chi connectivity index (χ4v) is 10.3. The maximum Gasteiger partial charge on any atom is 0.107 e. The van der Waals surface area contributed by atoms with Crippen LogP contribution in [0.15, 0.2) is 114 Å². The summed E-state index contributed by atoms with van der Waals surface area (Å²) in [4.78, 5) is 4.85. The molecule has 0 amide bonds. The lowest BCUT2D eigenvalue weighted by molar-refractivity contribution is 0.0853. The van der Waals surface area contributed by atoms with Crippen molar-refractivity contribution < 1.29 is 0 Å². The molecule has 0 radical (unpaired) electrons. The molecule has 4 aromatic carbocycles. The van der Waals surface area contributed by atoms with Gasteiger partial charge in [0.1, 0.15) is 5.54 Å². The molecule has 2 saturated carbocycles. The number of rotatable bonds is 6. The topological polar surface area (TPSA) is 12.4 Å². The zero-order valence-electron chi connectivity index (χ0n) is 28.7. The Kier molecular flexibility index (Phi) is 7.51. The minimum atomic E-state index is -0.547. The molecule has 0 aromatic heterocycles. The predicted octanol–water partition coefficient (Wildman–Crippen LogP) is 12.3. The molecule has 0 heterocycles. The second-order valence-corrected chi connectivity index (χ2v) is 15.6. The highest BCUT2D eigenvalue weighted by atomic mass is 14.8. The number of hydrogen-bond donors (Lipinski definition) is 0. The molecule has 1 heteroatoms. The zero-order valence-corrected chi connectivity index (χ0v) is 28.7. The van der Waals surface area contributed by atoms with E-state index in [4.69, 9.17) is 4.99 Å². The van der Waals surface area contributed by atoms with Crippen molar-refractivity contribution in [1.29, 1.82) is 0 Å². The van der Waals surface area contributed by atoms with Gasteiger partial charge in [-0.3, -0.25) is 4.99 Å². The molecule has 4 aliphatic carbocycles. The van der Waals surface area contributed by atoms with Crippen LogP contribution in [0.25, 0.3) is 27.8 Å². The Morgan fingerprint density at radius 2 is 1.55 bits per heavy atom. The van der Waals surface area contributed by atoms with Gasteiger partial charge in [0.15, 0.2) is 0 Å². The molecule has 4 aliphatic rings. The second kappa shape index (κ2) is 11.6. The summed E-state index contributed by atoms with van der Waals surface area (Å²) >= 11 is 0. The van der Waals surface area contributed by atoms with E-state index in [0.717, 1.165) is 24.2 Å². The van der Waals surface area contributed by atoms with Crippen molar-refractivity contribution in [3.63, 3.8) is 0 Å². The Hall–Kier alpha value is -3.97. The lowest BCUT2D eigenvalue weighted by Crippen LogP contribution is -2.44. The van der Waals surface area contributed by atoms with Gasteiger partial charge in [0, 0.05) is 5.41 Å². The predicted molar refractivity (Wildman–Crippen MR) is 200 cm³/mol. The number of hydrogen-bond acceptors (Lipinski definition) is 1. The van der Waals surface area contributed by atoms with Crippen LogP contribution in [0.5, 0.6) is 0 Å². The summed E-state index contributed by atoms with van der Waals surface area (Å²) in [5, 5.41) is 0. The highest BCUT2D eigenvalue weighted by molar-refractivity contribution is 5.97. The average Bonchev–Trinajstić information content (AvgIpc) is 3.40. The van der Waals surface area contributed by atoms with Crippen molar-refractivity contribution in [2.45, 2.75) is 89.5 Å². The van der Waals surface area contributed by atoms with Crippen LogP contribution in [0.1, 0.15) is 106 Å². The van der Waals surface area contributed by atoms with Gasteiger partial charge < -0.3 is 0 Å². The van der Waals surface area contributed by atoms with Crippen LogP contribution in [0.4, 0.5) is 0 Å². The van der Waals surface area contributed by atoms with Gasteiger partial charge in [-0.1, -0.05) is 124 Å². The highest BCUT2D eigenvalue weighted by Crippen LogP contribution is 2.65. The summed E-state index contributed by atoms with van der Waals surface area (Å²) in [7, 11) is 0. The number of aliphatic imine (C=N–C) groups is 1. The van der Waals surface area contributed by atoms with Gasteiger partial charge in [-0.15, -0.1) is 0 Å². The van der Waals surface area contributed by atoms with Crippen LogP contribution in [0, 0.1) is 17.8 Å². The first-order chi connectivity index (χ1) is 22.8. The van der Waals surface area contributed by atoms with Crippen molar-refractivity contribution in [2.75, 3.05) is 0 Å². The summed E-state index contributed by atoms with van der Waals surface area (Å²) in [5.41, 5.74) is 15.0. The maximum atomic E-state index is 4.85. The van der Waals surface area contributed by atoms with Crippen LogP contribution in [0.3, 0.4) is 0 Å². The van der Waals surface area contributed by atoms with E-state index in [2.05, 4.69) is 138 Å². The summed E-state index contributed by atoms with van der Waals surface area (Å²) in [5.74, 6) is 2.86. The fourth-order valence-electron chi connectivity index (χ4n) is 10.3. The Labute approximate surface area is 282 Å². The highest BCUT2D eigenvalue weighted by Gasteiger charge is 2.55. The van der Waals surface area contributed by atoms with Gasteiger partial charge in [-0.05, 0) is 143 Å². The van der Waals surface area contributed by atoms with E-state index in [1.165, 1.54) is 83.0 Å². The molecule has 0 saturated heterocycles. The molecule has 8 rings (SSSR count). The minimum absolute atomic E-state index is 0.195. The molecular weight excluding hydrogens is 567 g/mol.